The summed E-state index contributed by atoms with van der Waals surface area (Å²) < 4.78 is 5.47. The fourth-order valence-corrected chi connectivity index (χ4v) is 5.43. The average Bonchev–Trinajstić information content (AvgIpc) is 2.87. The molecule has 1 aromatic carbocycles. The van der Waals surface area contributed by atoms with Crippen LogP contribution in [0.2, 0.25) is 0 Å². The van der Waals surface area contributed by atoms with Gasteiger partial charge in [0, 0.05) is 23.0 Å². The van der Waals surface area contributed by atoms with Gasteiger partial charge in [-0.2, -0.15) is 0 Å². The van der Waals surface area contributed by atoms with Crippen molar-refractivity contribution in [2.75, 3.05) is 11.9 Å². The Morgan fingerprint density at radius 3 is 2.67 bits per heavy atom. The fraction of sp³-hybridized carbons (Fsp3) is 0.526. The molecule has 7 nitrogen and oxygen atoms in total. The van der Waals surface area contributed by atoms with Crippen LogP contribution in [0.4, 0.5) is 5.69 Å². The third-order valence-corrected chi connectivity index (χ3v) is 6.69. The number of hydrogen-bond donors (Lipinski definition) is 3. The standard InChI is InChI=1S/C19H22BrNO6/c1-3-9(2)27-17(24)11-7-12(20)15-10-5-4-6-13(14(10)16(22)23)21-8-19(11,15)18(25)26/h4-6,9,11-12,15,21H,3,7-8H2,1-2H3,(H,22,23)(H,25,26). The first-order valence-electron chi connectivity index (χ1n) is 8.92. The molecule has 1 saturated carbocycles. The second-order valence-corrected chi connectivity index (χ2v) is 8.39. The molecule has 0 saturated heterocycles. The van der Waals surface area contributed by atoms with Crippen molar-refractivity contribution in [3.8, 4) is 0 Å². The zero-order valence-electron chi connectivity index (χ0n) is 15.1. The lowest BCUT2D eigenvalue weighted by Crippen LogP contribution is -2.48. The van der Waals surface area contributed by atoms with Gasteiger partial charge in [0.15, 0.2) is 0 Å². The Morgan fingerprint density at radius 1 is 1.37 bits per heavy atom. The number of rotatable bonds is 5. The maximum atomic E-state index is 12.8. The van der Waals surface area contributed by atoms with Crippen LogP contribution in [0.15, 0.2) is 18.2 Å². The molecular formula is C19H22BrNO6. The number of carboxylic acid groups (broad SMARTS) is 2. The van der Waals surface area contributed by atoms with Crippen molar-refractivity contribution >= 4 is 39.5 Å². The van der Waals surface area contributed by atoms with Crippen LogP contribution in [0.3, 0.4) is 0 Å². The van der Waals surface area contributed by atoms with Crippen LogP contribution < -0.4 is 5.32 Å². The number of hydrogen-bond acceptors (Lipinski definition) is 5. The van der Waals surface area contributed by atoms with Gasteiger partial charge in [0.05, 0.1) is 17.6 Å². The van der Waals surface area contributed by atoms with Crippen molar-refractivity contribution in [3.63, 3.8) is 0 Å². The van der Waals surface area contributed by atoms with Crippen molar-refractivity contribution in [1.29, 1.82) is 0 Å². The van der Waals surface area contributed by atoms with E-state index in [1.54, 1.807) is 25.1 Å². The molecule has 0 aromatic heterocycles. The number of nitrogens with one attached hydrogen (secondary N) is 1. The van der Waals surface area contributed by atoms with E-state index in [4.69, 9.17) is 4.74 Å². The van der Waals surface area contributed by atoms with Crippen LogP contribution in [0.25, 0.3) is 0 Å². The summed E-state index contributed by atoms with van der Waals surface area (Å²) in [6, 6.07) is 4.95. The maximum absolute atomic E-state index is 12.8. The molecule has 146 valence electrons. The number of aliphatic carboxylic acids is 1. The summed E-state index contributed by atoms with van der Waals surface area (Å²) in [6.07, 6.45) is 0.574. The number of ether oxygens (including phenoxy) is 1. The fourth-order valence-electron chi connectivity index (χ4n) is 4.30. The molecule has 5 unspecified atom stereocenters. The van der Waals surface area contributed by atoms with E-state index in [0.717, 1.165) is 0 Å². The minimum absolute atomic E-state index is 0.0524. The normalized spacial score (nSPS) is 29.8. The Balaban J connectivity index is 2.14. The van der Waals surface area contributed by atoms with E-state index < -0.39 is 35.2 Å². The van der Waals surface area contributed by atoms with Crippen LogP contribution in [-0.2, 0) is 14.3 Å². The Kier molecular flexibility index (Phi) is 5.20. The molecule has 1 aromatic rings. The van der Waals surface area contributed by atoms with E-state index >= 15 is 0 Å². The highest BCUT2D eigenvalue weighted by atomic mass is 79.9. The Bertz CT molecular complexity index is 796. The van der Waals surface area contributed by atoms with E-state index in [-0.39, 0.29) is 29.5 Å². The molecule has 1 aliphatic carbocycles. The highest BCUT2D eigenvalue weighted by Crippen LogP contribution is 2.58. The molecule has 5 atom stereocenters. The lowest BCUT2D eigenvalue weighted by atomic mass is 9.69. The SMILES string of the molecule is CCC(C)OC(=O)C1CC(Br)C2c3cccc(c3C(=O)O)NCC12C(=O)O. The molecule has 2 aliphatic rings. The molecule has 3 rings (SSSR count). The van der Waals surface area contributed by atoms with E-state index in [2.05, 4.69) is 21.2 Å². The molecule has 0 radical (unpaired) electrons. The molecule has 0 amide bonds. The molecule has 1 fully saturated rings. The van der Waals surface area contributed by atoms with Gasteiger partial charge in [-0.3, -0.25) is 9.59 Å². The minimum atomic E-state index is -1.50. The van der Waals surface area contributed by atoms with Gasteiger partial charge in [-0.15, -0.1) is 0 Å². The number of carbonyl (C=O) groups is 3. The number of anilines is 1. The lowest BCUT2D eigenvalue weighted by molar-refractivity contribution is -0.166. The smallest absolute Gasteiger partial charge is 0.338 e. The second-order valence-electron chi connectivity index (χ2n) is 7.21. The van der Waals surface area contributed by atoms with E-state index in [1.807, 2.05) is 6.92 Å². The Morgan fingerprint density at radius 2 is 2.07 bits per heavy atom. The van der Waals surface area contributed by atoms with Crippen molar-refractivity contribution in [2.45, 2.75) is 43.5 Å². The highest BCUT2D eigenvalue weighted by Gasteiger charge is 2.64. The second kappa shape index (κ2) is 7.14. The maximum Gasteiger partial charge on any atom is 0.338 e. The molecule has 0 spiro atoms. The lowest BCUT2D eigenvalue weighted by Gasteiger charge is -2.35. The third kappa shape index (κ3) is 2.99. The molecule has 1 heterocycles. The topological polar surface area (TPSA) is 113 Å². The summed E-state index contributed by atoms with van der Waals surface area (Å²) in [5.41, 5.74) is -0.651. The van der Waals surface area contributed by atoms with Crippen LogP contribution in [-0.4, -0.2) is 45.6 Å². The van der Waals surface area contributed by atoms with Crippen molar-refractivity contribution < 1.29 is 29.3 Å². The van der Waals surface area contributed by atoms with Gasteiger partial charge in [0.25, 0.3) is 0 Å². The van der Waals surface area contributed by atoms with E-state index in [9.17, 15) is 24.6 Å². The summed E-state index contributed by atoms with van der Waals surface area (Å²) in [6.45, 7) is 3.59. The first kappa shape index (κ1) is 19.7. The van der Waals surface area contributed by atoms with Gasteiger partial charge >= 0.3 is 17.9 Å². The molecule has 27 heavy (non-hydrogen) atoms. The molecule has 2 bridgehead atoms. The van der Waals surface area contributed by atoms with Crippen molar-refractivity contribution in [1.82, 2.24) is 0 Å². The predicted molar refractivity (Wildman–Crippen MR) is 101 cm³/mol. The summed E-state index contributed by atoms with van der Waals surface area (Å²) in [4.78, 5) is 36.9. The number of halogens is 1. The number of fused-ring (bicyclic) bond motifs is 4. The number of alkyl halides is 1. The van der Waals surface area contributed by atoms with E-state index in [0.29, 0.717) is 17.7 Å². The minimum Gasteiger partial charge on any atom is -0.481 e. The van der Waals surface area contributed by atoms with Gasteiger partial charge in [0.2, 0.25) is 0 Å². The van der Waals surface area contributed by atoms with Crippen LogP contribution >= 0.6 is 15.9 Å². The van der Waals surface area contributed by atoms with Crippen molar-refractivity contribution in [2.24, 2.45) is 11.3 Å². The first-order chi connectivity index (χ1) is 12.7. The quantitative estimate of drug-likeness (QED) is 0.477. The Hall–Kier alpha value is -2.09. The molecular weight excluding hydrogens is 418 g/mol. The zero-order chi connectivity index (χ0) is 19.9. The van der Waals surface area contributed by atoms with E-state index in [1.165, 1.54) is 0 Å². The monoisotopic (exact) mass is 439 g/mol. The summed E-state index contributed by atoms with van der Waals surface area (Å²) in [5, 5.41) is 22.9. The van der Waals surface area contributed by atoms with Gasteiger partial charge in [-0.05, 0) is 31.4 Å². The van der Waals surface area contributed by atoms with Crippen LogP contribution in [0.1, 0.15) is 48.5 Å². The first-order valence-corrected chi connectivity index (χ1v) is 9.83. The highest BCUT2D eigenvalue weighted by molar-refractivity contribution is 9.09. The van der Waals surface area contributed by atoms with Gasteiger partial charge in [0.1, 0.15) is 5.41 Å². The molecule has 8 heteroatoms. The number of benzene rings is 1. The molecule has 3 N–H and O–H groups in total. The summed E-state index contributed by atoms with van der Waals surface area (Å²) in [7, 11) is 0. The number of esters is 1. The zero-order valence-corrected chi connectivity index (χ0v) is 16.7. The van der Waals surface area contributed by atoms with Crippen molar-refractivity contribution in [3.05, 3.63) is 29.3 Å². The summed E-state index contributed by atoms with van der Waals surface area (Å²) in [5.74, 6) is -4.37. The summed E-state index contributed by atoms with van der Waals surface area (Å²) >= 11 is 3.53. The van der Waals surface area contributed by atoms with Gasteiger partial charge in [-0.1, -0.05) is 35.0 Å². The average molecular weight is 440 g/mol. The van der Waals surface area contributed by atoms with Gasteiger partial charge < -0.3 is 20.3 Å². The van der Waals surface area contributed by atoms with Crippen LogP contribution in [0, 0.1) is 11.3 Å². The van der Waals surface area contributed by atoms with Crippen LogP contribution in [0.5, 0.6) is 0 Å². The number of carboxylic acids is 2. The number of carbonyl (C=O) groups excluding carboxylic acids is 1. The predicted octanol–water partition coefficient (Wildman–Crippen LogP) is 3.09. The Labute approximate surface area is 165 Å². The van der Waals surface area contributed by atoms with Gasteiger partial charge in [-0.25, -0.2) is 4.79 Å². The molecule has 1 aliphatic heterocycles. The number of aromatic carboxylic acids is 1. The third-order valence-electron chi connectivity index (χ3n) is 5.79. The largest absolute Gasteiger partial charge is 0.481 e.